The third kappa shape index (κ3) is 3.21. The Morgan fingerprint density at radius 1 is 1.05 bits per heavy atom. The average molecular weight is 276 g/mol. The topological polar surface area (TPSA) is 38.0 Å². The second-order valence-electron chi connectivity index (χ2n) is 4.68. The number of hydrogen-bond acceptors (Lipinski definition) is 2. The van der Waals surface area contributed by atoms with E-state index in [2.05, 4.69) is 5.32 Å². The zero-order chi connectivity index (χ0) is 14.5. The summed E-state index contributed by atoms with van der Waals surface area (Å²) in [4.78, 5) is 0. The third-order valence-electron chi connectivity index (χ3n) is 3.26. The molecule has 2 aromatic rings. The van der Waals surface area contributed by atoms with Crippen LogP contribution in [0, 0.1) is 11.6 Å². The van der Waals surface area contributed by atoms with Crippen LogP contribution < -0.4 is 11.1 Å². The maximum Gasteiger partial charge on any atom is 0.133 e. The minimum absolute atomic E-state index is 0.0154. The smallest absolute Gasteiger partial charge is 0.133 e. The lowest BCUT2D eigenvalue weighted by Gasteiger charge is -2.14. The molecule has 2 rings (SSSR count). The predicted octanol–water partition coefficient (Wildman–Crippen LogP) is 3.24. The van der Waals surface area contributed by atoms with E-state index in [4.69, 9.17) is 5.73 Å². The molecule has 0 aromatic heterocycles. The summed E-state index contributed by atoms with van der Waals surface area (Å²) in [6.45, 7) is 3.32. The van der Waals surface area contributed by atoms with Crippen LogP contribution in [0.1, 0.15) is 18.5 Å². The number of hydrogen-bond donors (Lipinski definition) is 2. The van der Waals surface area contributed by atoms with Gasteiger partial charge in [-0.05, 0) is 30.2 Å². The van der Waals surface area contributed by atoms with Crippen LogP contribution in [0.5, 0.6) is 0 Å². The lowest BCUT2D eigenvalue weighted by atomic mass is 10.0. The molecular weight excluding hydrogens is 258 g/mol. The molecule has 1 unspecified atom stereocenters. The number of halogens is 2. The molecule has 20 heavy (non-hydrogen) atoms. The van der Waals surface area contributed by atoms with Crippen LogP contribution in [0.4, 0.5) is 8.78 Å². The average Bonchev–Trinajstić information content (AvgIpc) is 2.45. The summed E-state index contributed by atoms with van der Waals surface area (Å²) in [5, 5.41) is 3.26. The molecule has 1 atom stereocenters. The van der Waals surface area contributed by atoms with Gasteiger partial charge in [0.2, 0.25) is 0 Å². The van der Waals surface area contributed by atoms with Crippen molar-refractivity contribution in [3.05, 3.63) is 59.7 Å². The molecule has 0 amide bonds. The molecule has 0 fully saturated rings. The molecule has 3 N–H and O–H groups in total. The van der Waals surface area contributed by atoms with Gasteiger partial charge in [-0.2, -0.15) is 0 Å². The number of nitrogens with one attached hydrogen (secondary N) is 1. The van der Waals surface area contributed by atoms with Crippen molar-refractivity contribution in [2.24, 2.45) is 5.73 Å². The van der Waals surface area contributed by atoms with Crippen LogP contribution >= 0.6 is 0 Å². The summed E-state index contributed by atoms with van der Waals surface area (Å²) in [6.07, 6.45) is 0. The van der Waals surface area contributed by atoms with Gasteiger partial charge in [-0.1, -0.05) is 30.3 Å². The van der Waals surface area contributed by atoms with Crippen LogP contribution in [0.15, 0.2) is 42.5 Å². The van der Waals surface area contributed by atoms with Crippen molar-refractivity contribution >= 4 is 0 Å². The molecule has 0 aliphatic rings. The summed E-state index contributed by atoms with van der Waals surface area (Å²) in [5.41, 5.74) is 7.05. The van der Waals surface area contributed by atoms with Gasteiger partial charge in [0.05, 0.1) is 5.56 Å². The fourth-order valence-electron chi connectivity index (χ4n) is 2.13. The number of rotatable bonds is 5. The van der Waals surface area contributed by atoms with E-state index in [9.17, 15) is 8.78 Å². The van der Waals surface area contributed by atoms with E-state index in [1.54, 1.807) is 12.1 Å². The van der Waals surface area contributed by atoms with E-state index in [0.717, 1.165) is 12.1 Å². The van der Waals surface area contributed by atoms with E-state index in [0.29, 0.717) is 12.1 Å². The lowest BCUT2D eigenvalue weighted by molar-refractivity contribution is 0.582. The fraction of sp³-hybridized carbons (Fsp3) is 0.250. The summed E-state index contributed by atoms with van der Waals surface area (Å²) >= 11 is 0. The largest absolute Gasteiger partial charge is 0.329 e. The minimum atomic E-state index is -0.549. The second kappa shape index (κ2) is 6.59. The second-order valence-corrected chi connectivity index (χ2v) is 4.68. The van der Waals surface area contributed by atoms with Crippen LogP contribution in [-0.2, 0) is 0 Å². The van der Waals surface area contributed by atoms with Gasteiger partial charge in [0.1, 0.15) is 11.6 Å². The summed E-state index contributed by atoms with van der Waals surface area (Å²) in [7, 11) is 0. The molecular formula is C16H18F2N2. The Morgan fingerprint density at radius 3 is 2.20 bits per heavy atom. The molecule has 0 saturated heterocycles. The van der Waals surface area contributed by atoms with E-state index < -0.39 is 11.6 Å². The first kappa shape index (κ1) is 14.6. The SMILES string of the molecule is CC(NCCN)c1ccc(-c2c(F)cccc2F)cc1. The van der Waals surface area contributed by atoms with Crippen LogP contribution in [-0.4, -0.2) is 13.1 Å². The van der Waals surface area contributed by atoms with Gasteiger partial charge in [-0.15, -0.1) is 0 Å². The lowest BCUT2D eigenvalue weighted by Crippen LogP contribution is -2.25. The molecule has 106 valence electrons. The zero-order valence-corrected chi connectivity index (χ0v) is 11.4. The van der Waals surface area contributed by atoms with Crippen LogP contribution in [0.2, 0.25) is 0 Å². The summed E-state index contributed by atoms with van der Waals surface area (Å²) < 4.78 is 27.4. The van der Waals surface area contributed by atoms with Crippen molar-refractivity contribution in [1.29, 1.82) is 0 Å². The maximum atomic E-state index is 13.7. The van der Waals surface area contributed by atoms with E-state index in [1.165, 1.54) is 18.2 Å². The Bertz CT molecular complexity index is 547. The first-order valence-electron chi connectivity index (χ1n) is 6.61. The van der Waals surface area contributed by atoms with Crippen LogP contribution in [0.3, 0.4) is 0 Å². The minimum Gasteiger partial charge on any atom is -0.329 e. The van der Waals surface area contributed by atoms with E-state index >= 15 is 0 Å². The molecule has 0 spiro atoms. The first-order chi connectivity index (χ1) is 9.63. The third-order valence-corrected chi connectivity index (χ3v) is 3.26. The van der Waals surface area contributed by atoms with Crippen molar-refractivity contribution in [3.8, 4) is 11.1 Å². The fourth-order valence-corrected chi connectivity index (χ4v) is 2.13. The summed E-state index contributed by atoms with van der Waals surface area (Å²) in [6, 6.07) is 11.2. The Morgan fingerprint density at radius 2 is 1.65 bits per heavy atom. The highest BCUT2D eigenvalue weighted by Crippen LogP contribution is 2.27. The molecule has 2 nitrogen and oxygen atoms in total. The maximum absolute atomic E-state index is 13.7. The Kier molecular flexibility index (Phi) is 4.82. The Hall–Kier alpha value is -1.78. The van der Waals surface area contributed by atoms with Gasteiger partial charge in [-0.25, -0.2) is 8.78 Å². The molecule has 0 aliphatic heterocycles. The number of nitrogens with two attached hydrogens (primary N) is 1. The highest BCUT2D eigenvalue weighted by atomic mass is 19.1. The first-order valence-corrected chi connectivity index (χ1v) is 6.61. The van der Waals surface area contributed by atoms with Crippen molar-refractivity contribution in [2.45, 2.75) is 13.0 Å². The van der Waals surface area contributed by atoms with Gasteiger partial charge in [-0.3, -0.25) is 0 Å². The van der Waals surface area contributed by atoms with Gasteiger partial charge < -0.3 is 11.1 Å². The van der Waals surface area contributed by atoms with Crippen molar-refractivity contribution in [2.75, 3.05) is 13.1 Å². The quantitative estimate of drug-likeness (QED) is 0.880. The molecule has 2 aromatic carbocycles. The Labute approximate surface area is 117 Å². The van der Waals surface area contributed by atoms with Crippen molar-refractivity contribution in [1.82, 2.24) is 5.32 Å². The van der Waals surface area contributed by atoms with Crippen molar-refractivity contribution in [3.63, 3.8) is 0 Å². The molecule has 0 heterocycles. The van der Waals surface area contributed by atoms with E-state index in [-0.39, 0.29) is 11.6 Å². The molecule has 0 radical (unpaired) electrons. The van der Waals surface area contributed by atoms with Gasteiger partial charge in [0, 0.05) is 19.1 Å². The standard InChI is InChI=1S/C16H18F2N2/c1-11(20-10-9-19)12-5-7-13(8-6-12)16-14(17)3-2-4-15(16)18/h2-8,11,20H,9-10,19H2,1H3. The molecule has 0 bridgehead atoms. The molecule has 0 saturated carbocycles. The summed E-state index contributed by atoms with van der Waals surface area (Å²) in [5.74, 6) is -1.10. The van der Waals surface area contributed by atoms with Gasteiger partial charge in [0.25, 0.3) is 0 Å². The Balaban J connectivity index is 2.24. The number of benzene rings is 2. The molecule has 0 aliphatic carbocycles. The predicted molar refractivity (Wildman–Crippen MR) is 77.3 cm³/mol. The zero-order valence-electron chi connectivity index (χ0n) is 11.4. The van der Waals surface area contributed by atoms with Gasteiger partial charge in [0.15, 0.2) is 0 Å². The normalized spacial score (nSPS) is 12.4. The van der Waals surface area contributed by atoms with Gasteiger partial charge >= 0.3 is 0 Å². The van der Waals surface area contributed by atoms with Crippen LogP contribution in [0.25, 0.3) is 11.1 Å². The molecule has 4 heteroatoms. The highest BCUT2D eigenvalue weighted by molar-refractivity contribution is 5.65. The van der Waals surface area contributed by atoms with Crippen molar-refractivity contribution < 1.29 is 8.78 Å². The monoisotopic (exact) mass is 276 g/mol. The highest BCUT2D eigenvalue weighted by Gasteiger charge is 2.11. The van der Waals surface area contributed by atoms with E-state index in [1.807, 2.05) is 19.1 Å².